The molecule has 7 nitrogen and oxygen atoms in total. The lowest BCUT2D eigenvalue weighted by molar-refractivity contribution is 0.0803. The number of nitrogens with two attached hydrogens (primary N) is 1. The molecule has 7 heteroatoms. The Balaban J connectivity index is 2.33. The summed E-state index contributed by atoms with van der Waals surface area (Å²) >= 11 is 0. The summed E-state index contributed by atoms with van der Waals surface area (Å²) in [6, 6.07) is 4.95. The first-order valence-electron chi connectivity index (χ1n) is 6.82. The number of piperidine rings is 1. The lowest BCUT2D eigenvalue weighted by Crippen LogP contribution is -2.62. The van der Waals surface area contributed by atoms with Crippen LogP contribution < -0.4 is 21.7 Å². The summed E-state index contributed by atoms with van der Waals surface area (Å²) in [5.74, 6) is -0.258. The molecule has 1 aliphatic heterocycles. The first kappa shape index (κ1) is 15.1. The van der Waals surface area contributed by atoms with Crippen LogP contribution in [0.2, 0.25) is 0 Å². The van der Waals surface area contributed by atoms with E-state index in [1.807, 2.05) is 0 Å². The Morgan fingerprint density at radius 1 is 1.43 bits per heavy atom. The van der Waals surface area contributed by atoms with Crippen LogP contribution >= 0.6 is 0 Å². The van der Waals surface area contributed by atoms with E-state index in [-0.39, 0.29) is 12.3 Å². The number of benzene rings is 1. The smallest absolute Gasteiger partial charge is 0.405 e. The predicted octanol–water partition coefficient (Wildman–Crippen LogP) is 0.883. The van der Waals surface area contributed by atoms with E-state index in [4.69, 9.17) is 10.8 Å². The van der Waals surface area contributed by atoms with Gasteiger partial charge < -0.3 is 26.8 Å². The highest BCUT2D eigenvalue weighted by Gasteiger charge is 2.41. The van der Waals surface area contributed by atoms with E-state index >= 15 is 0 Å². The Hall–Kier alpha value is -2.28. The van der Waals surface area contributed by atoms with Gasteiger partial charge in [0, 0.05) is 19.2 Å². The highest BCUT2D eigenvalue weighted by Crippen LogP contribution is 2.26. The summed E-state index contributed by atoms with van der Waals surface area (Å²) in [6.45, 7) is 1.06. The fourth-order valence-electron chi connectivity index (χ4n) is 2.68. The second-order valence-corrected chi connectivity index (χ2v) is 5.17. The van der Waals surface area contributed by atoms with E-state index < -0.39 is 11.6 Å². The SMILES string of the molecule is CNc1ccc(C(=O)[C@@]2(NC(=O)O)CCCNC2)cc1N. The highest BCUT2D eigenvalue weighted by atomic mass is 16.4. The highest BCUT2D eigenvalue weighted by molar-refractivity contribution is 6.06. The number of nitrogen functional groups attached to an aromatic ring is 1. The number of carbonyl (C=O) groups is 2. The van der Waals surface area contributed by atoms with Gasteiger partial charge in [-0.05, 0) is 37.6 Å². The molecule has 1 heterocycles. The van der Waals surface area contributed by atoms with Crippen LogP contribution in [0.1, 0.15) is 23.2 Å². The van der Waals surface area contributed by atoms with Gasteiger partial charge in [-0.25, -0.2) is 4.79 Å². The standard InChI is InChI=1S/C14H20N4O3/c1-16-11-4-3-9(7-10(11)15)12(19)14(18-13(20)21)5-2-6-17-8-14/h3-4,7,16-18H,2,5-6,8,15H2,1H3,(H,20,21)/t14-/m1/s1. The Kier molecular flexibility index (Phi) is 4.32. The molecule has 114 valence electrons. The molecule has 1 amide bonds. The van der Waals surface area contributed by atoms with Gasteiger partial charge in [0.05, 0.1) is 11.4 Å². The maximum atomic E-state index is 12.8. The summed E-state index contributed by atoms with van der Waals surface area (Å²) in [6.07, 6.45) is 0.00132. The molecular weight excluding hydrogens is 272 g/mol. The quantitative estimate of drug-likeness (QED) is 0.415. The number of anilines is 2. The summed E-state index contributed by atoms with van der Waals surface area (Å²) < 4.78 is 0. The minimum atomic E-state index is -1.20. The van der Waals surface area contributed by atoms with Gasteiger partial charge in [-0.1, -0.05) is 0 Å². The number of carboxylic acid groups (broad SMARTS) is 1. The van der Waals surface area contributed by atoms with Gasteiger partial charge in [0.15, 0.2) is 5.78 Å². The van der Waals surface area contributed by atoms with Gasteiger partial charge in [0.2, 0.25) is 0 Å². The number of carbonyl (C=O) groups excluding carboxylic acids is 1. The van der Waals surface area contributed by atoms with Crippen LogP contribution in [0.4, 0.5) is 16.2 Å². The number of hydrogen-bond donors (Lipinski definition) is 5. The lowest BCUT2D eigenvalue weighted by Gasteiger charge is -2.36. The number of rotatable bonds is 4. The average molecular weight is 292 g/mol. The van der Waals surface area contributed by atoms with Crippen LogP contribution in [0.3, 0.4) is 0 Å². The molecule has 2 rings (SSSR count). The van der Waals surface area contributed by atoms with Crippen molar-refractivity contribution >= 4 is 23.3 Å². The number of nitrogens with one attached hydrogen (secondary N) is 3. The molecule has 1 aromatic rings. The van der Waals surface area contributed by atoms with Gasteiger partial charge in [-0.3, -0.25) is 4.79 Å². The molecule has 1 aromatic carbocycles. The predicted molar refractivity (Wildman–Crippen MR) is 80.7 cm³/mol. The summed E-state index contributed by atoms with van der Waals surface area (Å²) in [5, 5.41) is 17.4. The first-order chi connectivity index (χ1) is 9.98. The van der Waals surface area contributed by atoms with Crippen molar-refractivity contribution in [1.82, 2.24) is 10.6 Å². The van der Waals surface area contributed by atoms with E-state index in [0.717, 1.165) is 18.7 Å². The van der Waals surface area contributed by atoms with E-state index in [9.17, 15) is 9.59 Å². The van der Waals surface area contributed by atoms with Crippen molar-refractivity contribution in [1.29, 1.82) is 0 Å². The molecule has 21 heavy (non-hydrogen) atoms. The largest absolute Gasteiger partial charge is 0.465 e. The van der Waals surface area contributed by atoms with Crippen molar-refractivity contribution in [2.45, 2.75) is 18.4 Å². The molecule has 1 atom stereocenters. The Bertz CT molecular complexity index is 553. The number of hydrogen-bond acceptors (Lipinski definition) is 5. The molecule has 0 spiro atoms. The minimum absolute atomic E-state index is 0.258. The van der Waals surface area contributed by atoms with Gasteiger partial charge in [0.25, 0.3) is 0 Å². The molecule has 0 radical (unpaired) electrons. The topological polar surface area (TPSA) is 116 Å². The second-order valence-electron chi connectivity index (χ2n) is 5.17. The monoisotopic (exact) mass is 292 g/mol. The Morgan fingerprint density at radius 2 is 2.19 bits per heavy atom. The van der Waals surface area contributed by atoms with Crippen LogP contribution in [-0.2, 0) is 0 Å². The summed E-state index contributed by atoms with van der Waals surface area (Å²) in [7, 11) is 1.74. The van der Waals surface area contributed by atoms with Gasteiger partial charge in [0.1, 0.15) is 5.54 Å². The van der Waals surface area contributed by atoms with Crippen LogP contribution in [0.5, 0.6) is 0 Å². The zero-order valence-electron chi connectivity index (χ0n) is 11.9. The molecule has 1 saturated heterocycles. The van der Waals surface area contributed by atoms with Crippen molar-refractivity contribution in [2.24, 2.45) is 0 Å². The number of ketones is 1. The normalized spacial score (nSPS) is 21.6. The number of Topliss-reactive ketones (excluding diaryl/α,β-unsaturated/α-hetero) is 1. The molecule has 1 aliphatic rings. The molecule has 6 N–H and O–H groups in total. The lowest BCUT2D eigenvalue weighted by atomic mass is 9.82. The van der Waals surface area contributed by atoms with Crippen molar-refractivity contribution in [2.75, 3.05) is 31.2 Å². The van der Waals surface area contributed by atoms with Gasteiger partial charge >= 0.3 is 6.09 Å². The molecule has 0 unspecified atom stereocenters. The molecule has 0 aromatic heterocycles. The molecule has 1 fully saturated rings. The van der Waals surface area contributed by atoms with E-state index in [1.54, 1.807) is 25.2 Å². The zero-order chi connectivity index (χ0) is 15.5. The summed E-state index contributed by atoms with van der Waals surface area (Å²) in [4.78, 5) is 23.8. The van der Waals surface area contributed by atoms with E-state index in [1.165, 1.54) is 0 Å². The molecular formula is C14H20N4O3. The Morgan fingerprint density at radius 3 is 2.71 bits per heavy atom. The molecule has 0 aliphatic carbocycles. The molecule has 0 bridgehead atoms. The van der Waals surface area contributed by atoms with Gasteiger partial charge in [-0.15, -0.1) is 0 Å². The summed E-state index contributed by atoms with van der Waals surface area (Å²) in [5.41, 5.74) is 6.34. The minimum Gasteiger partial charge on any atom is -0.465 e. The zero-order valence-corrected chi connectivity index (χ0v) is 11.9. The number of amides is 1. The van der Waals surface area contributed by atoms with Crippen molar-refractivity contribution < 1.29 is 14.7 Å². The van der Waals surface area contributed by atoms with Crippen LogP contribution in [0, 0.1) is 0 Å². The van der Waals surface area contributed by atoms with Gasteiger partial charge in [-0.2, -0.15) is 0 Å². The average Bonchev–Trinajstić information content (AvgIpc) is 2.46. The third-order valence-corrected chi connectivity index (χ3v) is 3.75. The van der Waals surface area contributed by atoms with Crippen molar-refractivity contribution in [3.63, 3.8) is 0 Å². The van der Waals surface area contributed by atoms with E-state index in [2.05, 4.69) is 16.0 Å². The van der Waals surface area contributed by atoms with Crippen molar-refractivity contribution in [3.05, 3.63) is 23.8 Å². The Labute approximate surface area is 122 Å². The first-order valence-corrected chi connectivity index (χ1v) is 6.82. The fraction of sp³-hybridized carbons (Fsp3) is 0.429. The van der Waals surface area contributed by atoms with Crippen LogP contribution in [0.15, 0.2) is 18.2 Å². The maximum Gasteiger partial charge on any atom is 0.405 e. The fourth-order valence-corrected chi connectivity index (χ4v) is 2.68. The second kappa shape index (κ2) is 6.01. The molecule has 0 saturated carbocycles. The van der Waals surface area contributed by atoms with Crippen molar-refractivity contribution in [3.8, 4) is 0 Å². The van der Waals surface area contributed by atoms with E-state index in [0.29, 0.717) is 17.7 Å². The van der Waals surface area contributed by atoms with Crippen LogP contribution in [-0.4, -0.2) is 42.7 Å². The third-order valence-electron chi connectivity index (χ3n) is 3.75. The van der Waals surface area contributed by atoms with Crippen LogP contribution in [0.25, 0.3) is 0 Å². The third kappa shape index (κ3) is 3.08. The maximum absolute atomic E-state index is 12.8.